The number of Topliss-reactive ketones (excluding diaryl/α,β-unsaturated/α-hetero) is 1. The third-order valence-corrected chi connectivity index (χ3v) is 2.46. The van der Waals surface area contributed by atoms with E-state index in [1.807, 2.05) is 0 Å². The van der Waals surface area contributed by atoms with Gasteiger partial charge in [-0.15, -0.1) is 0 Å². The van der Waals surface area contributed by atoms with Gasteiger partial charge in [-0.3, -0.25) is 4.79 Å². The fourth-order valence-electron chi connectivity index (χ4n) is 1.18. The highest BCUT2D eigenvalue weighted by Crippen LogP contribution is 1.99. The van der Waals surface area contributed by atoms with Crippen LogP contribution in [-0.4, -0.2) is 30.4 Å². The van der Waals surface area contributed by atoms with Crippen LogP contribution in [0.3, 0.4) is 0 Å². The molecule has 0 aliphatic heterocycles. The summed E-state index contributed by atoms with van der Waals surface area (Å²) in [6.45, 7) is 5.25. The van der Waals surface area contributed by atoms with Gasteiger partial charge >= 0.3 is 11.9 Å². The molecule has 0 aromatic rings. The largest absolute Gasteiger partial charge is 0.463 e. The quantitative estimate of drug-likeness (QED) is 0.365. The van der Waals surface area contributed by atoms with Crippen LogP contribution < -0.4 is 0 Å². The number of ether oxygens (including phenoxy) is 2. The lowest BCUT2D eigenvalue weighted by molar-refractivity contribution is -0.148. The maximum absolute atomic E-state index is 11.2. The molecule has 0 rings (SSSR count). The van der Waals surface area contributed by atoms with Gasteiger partial charge in [0, 0.05) is 12.2 Å². The van der Waals surface area contributed by atoms with Crippen molar-refractivity contribution < 1.29 is 23.9 Å². The van der Waals surface area contributed by atoms with E-state index in [1.165, 1.54) is 13.8 Å². The molecule has 0 aromatic carbocycles. The van der Waals surface area contributed by atoms with Gasteiger partial charge < -0.3 is 9.47 Å². The molecule has 0 fully saturated rings. The number of hydrogen-bond donors (Lipinski definition) is 0. The van der Waals surface area contributed by atoms with E-state index in [2.05, 4.69) is 6.92 Å². The molecule has 19 heavy (non-hydrogen) atoms. The first kappa shape index (κ1) is 17.4. The molecular formula is C14H22O5. The normalized spacial score (nSPS) is 12.2. The van der Waals surface area contributed by atoms with E-state index in [0.717, 1.165) is 37.8 Å². The molecular weight excluding hydrogens is 248 g/mol. The van der Waals surface area contributed by atoms with Gasteiger partial charge in [0.05, 0.1) is 6.61 Å². The van der Waals surface area contributed by atoms with Crippen molar-refractivity contribution in [3.63, 3.8) is 0 Å². The number of esters is 2. The Kier molecular flexibility index (Phi) is 9.40. The Morgan fingerprint density at radius 2 is 1.68 bits per heavy atom. The van der Waals surface area contributed by atoms with E-state index in [-0.39, 0.29) is 5.78 Å². The van der Waals surface area contributed by atoms with Crippen molar-refractivity contribution in [1.29, 1.82) is 0 Å². The Bertz CT molecular complexity index is 333. The highest BCUT2D eigenvalue weighted by molar-refractivity contribution is 5.93. The van der Waals surface area contributed by atoms with Crippen LogP contribution in [0.4, 0.5) is 0 Å². The lowest BCUT2D eigenvalue weighted by Gasteiger charge is -2.06. The minimum absolute atomic E-state index is 0.250. The molecule has 0 N–H and O–H groups in total. The summed E-state index contributed by atoms with van der Waals surface area (Å²) in [6.07, 6.45) is 5.24. The molecule has 5 nitrogen and oxygen atoms in total. The van der Waals surface area contributed by atoms with Crippen molar-refractivity contribution in [2.75, 3.05) is 6.61 Å². The monoisotopic (exact) mass is 270 g/mol. The summed E-state index contributed by atoms with van der Waals surface area (Å²) in [5, 5.41) is 0. The van der Waals surface area contributed by atoms with Gasteiger partial charge in [-0.05, 0) is 20.3 Å². The van der Waals surface area contributed by atoms with Gasteiger partial charge in [-0.2, -0.15) is 0 Å². The summed E-state index contributed by atoms with van der Waals surface area (Å²) in [5.74, 6) is -1.56. The van der Waals surface area contributed by atoms with E-state index < -0.39 is 18.0 Å². The number of ketones is 1. The molecule has 0 aliphatic rings. The zero-order chi connectivity index (χ0) is 14.7. The summed E-state index contributed by atoms with van der Waals surface area (Å²) in [6, 6.07) is 0. The molecule has 0 spiro atoms. The average Bonchev–Trinajstić information content (AvgIpc) is 2.36. The maximum atomic E-state index is 11.2. The van der Waals surface area contributed by atoms with Crippen LogP contribution >= 0.6 is 0 Å². The van der Waals surface area contributed by atoms with Gasteiger partial charge in [-0.25, -0.2) is 9.59 Å². The predicted octanol–water partition coefficient (Wildman–Crippen LogP) is 2.19. The molecule has 1 unspecified atom stereocenters. The number of rotatable bonds is 9. The summed E-state index contributed by atoms with van der Waals surface area (Å²) in [5.41, 5.74) is 0. The van der Waals surface area contributed by atoms with Gasteiger partial charge in [0.1, 0.15) is 0 Å². The van der Waals surface area contributed by atoms with Crippen molar-refractivity contribution in [2.45, 2.75) is 52.6 Å². The minimum Gasteiger partial charge on any atom is -0.463 e. The molecule has 0 saturated carbocycles. The zero-order valence-electron chi connectivity index (χ0n) is 11.8. The van der Waals surface area contributed by atoms with E-state index in [9.17, 15) is 14.4 Å². The van der Waals surface area contributed by atoms with Crippen LogP contribution in [0.25, 0.3) is 0 Å². The van der Waals surface area contributed by atoms with Gasteiger partial charge in [0.2, 0.25) is 0 Å². The van der Waals surface area contributed by atoms with Crippen LogP contribution in [0.15, 0.2) is 12.2 Å². The standard InChI is InChI=1S/C14H22O5/c1-4-5-6-7-10-18-13(16)8-9-14(17)19-12(3)11(2)15/h8-9,12H,4-7,10H2,1-3H3/b9-8+. The maximum Gasteiger partial charge on any atom is 0.331 e. The SMILES string of the molecule is CCCCCCOC(=O)/C=C/C(=O)OC(C)C(C)=O. The molecule has 1 atom stereocenters. The first-order valence-electron chi connectivity index (χ1n) is 6.53. The topological polar surface area (TPSA) is 69.7 Å². The van der Waals surface area contributed by atoms with Crippen molar-refractivity contribution >= 4 is 17.7 Å². The van der Waals surface area contributed by atoms with Crippen LogP contribution in [0, 0.1) is 0 Å². The molecule has 0 saturated heterocycles. The number of hydrogen-bond acceptors (Lipinski definition) is 5. The molecule has 0 aliphatic carbocycles. The first-order chi connectivity index (χ1) is 8.97. The fraction of sp³-hybridized carbons (Fsp3) is 0.643. The second kappa shape index (κ2) is 10.3. The van der Waals surface area contributed by atoms with Crippen molar-refractivity contribution in [3.05, 3.63) is 12.2 Å². The summed E-state index contributed by atoms with van der Waals surface area (Å²) < 4.78 is 9.63. The first-order valence-corrected chi connectivity index (χ1v) is 6.53. The highest BCUT2D eigenvalue weighted by Gasteiger charge is 2.11. The molecule has 0 amide bonds. The van der Waals surface area contributed by atoms with E-state index in [4.69, 9.17) is 9.47 Å². The Hall–Kier alpha value is -1.65. The minimum atomic E-state index is -0.804. The third-order valence-electron chi connectivity index (χ3n) is 2.46. The van der Waals surface area contributed by atoms with Gasteiger partial charge in [0.15, 0.2) is 11.9 Å². The van der Waals surface area contributed by atoms with Gasteiger partial charge in [0.25, 0.3) is 0 Å². The van der Waals surface area contributed by atoms with Crippen molar-refractivity contribution in [3.8, 4) is 0 Å². The highest BCUT2D eigenvalue weighted by atomic mass is 16.5. The Balaban J connectivity index is 3.82. The summed E-state index contributed by atoms with van der Waals surface area (Å²) >= 11 is 0. The van der Waals surface area contributed by atoms with E-state index >= 15 is 0 Å². The second-order valence-corrected chi connectivity index (χ2v) is 4.25. The van der Waals surface area contributed by atoms with Crippen molar-refractivity contribution in [1.82, 2.24) is 0 Å². The molecule has 0 heterocycles. The van der Waals surface area contributed by atoms with E-state index in [0.29, 0.717) is 6.61 Å². The Morgan fingerprint density at radius 1 is 1.05 bits per heavy atom. The lowest BCUT2D eigenvalue weighted by atomic mass is 10.2. The number of carbonyl (C=O) groups excluding carboxylic acids is 3. The molecule has 108 valence electrons. The van der Waals surface area contributed by atoms with E-state index in [1.54, 1.807) is 0 Å². The average molecular weight is 270 g/mol. The van der Waals surface area contributed by atoms with Crippen LogP contribution in [0.2, 0.25) is 0 Å². The van der Waals surface area contributed by atoms with Crippen LogP contribution in [0.1, 0.15) is 46.5 Å². The second-order valence-electron chi connectivity index (χ2n) is 4.25. The predicted molar refractivity (Wildman–Crippen MR) is 70.5 cm³/mol. The smallest absolute Gasteiger partial charge is 0.331 e. The Morgan fingerprint density at radius 3 is 2.26 bits per heavy atom. The fourth-order valence-corrected chi connectivity index (χ4v) is 1.18. The summed E-state index contributed by atoms with van der Waals surface area (Å²) in [7, 11) is 0. The molecule has 0 aromatic heterocycles. The summed E-state index contributed by atoms with van der Waals surface area (Å²) in [4.78, 5) is 33.3. The van der Waals surface area contributed by atoms with Gasteiger partial charge in [-0.1, -0.05) is 26.2 Å². The number of unbranched alkanes of at least 4 members (excludes halogenated alkanes) is 3. The van der Waals surface area contributed by atoms with Crippen LogP contribution in [0.5, 0.6) is 0 Å². The van der Waals surface area contributed by atoms with Crippen molar-refractivity contribution in [2.24, 2.45) is 0 Å². The third kappa shape index (κ3) is 10.00. The molecule has 0 bridgehead atoms. The zero-order valence-corrected chi connectivity index (χ0v) is 11.8. The molecule has 5 heteroatoms. The molecule has 0 radical (unpaired) electrons. The number of carbonyl (C=O) groups is 3. The lowest BCUT2D eigenvalue weighted by Crippen LogP contribution is -2.20. The Labute approximate surface area is 114 Å². The van der Waals surface area contributed by atoms with Crippen LogP contribution in [-0.2, 0) is 23.9 Å².